The zero-order valence-corrected chi connectivity index (χ0v) is 16.2. The molecule has 3 aromatic heterocycles. The van der Waals surface area contributed by atoms with E-state index in [-0.39, 0.29) is 11.4 Å². The van der Waals surface area contributed by atoms with Crippen LogP contribution in [-0.2, 0) is 17.7 Å². The molecule has 2 aliphatic rings. The molecule has 1 aliphatic heterocycles. The molecule has 0 aromatic carbocycles. The van der Waals surface area contributed by atoms with Crippen LogP contribution in [0.4, 0.5) is 4.39 Å². The van der Waals surface area contributed by atoms with Gasteiger partial charge in [0, 0.05) is 62.0 Å². The lowest BCUT2D eigenvalue weighted by Crippen LogP contribution is -2.44. The molecule has 0 amide bonds. The predicted molar refractivity (Wildman–Crippen MR) is 100 cm³/mol. The summed E-state index contributed by atoms with van der Waals surface area (Å²) in [6.45, 7) is 7.56. The van der Waals surface area contributed by atoms with Crippen LogP contribution in [0.3, 0.4) is 0 Å². The van der Waals surface area contributed by atoms with Gasteiger partial charge in [-0.05, 0) is 26.3 Å². The van der Waals surface area contributed by atoms with Crippen molar-refractivity contribution in [3.8, 4) is 0 Å². The molecule has 4 atom stereocenters. The maximum Gasteiger partial charge on any atom is 0.139 e. The number of pyridine rings is 1. The summed E-state index contributed by atoms with van der Waals surface area (Å²) in [4.78, 5) is 9.66. The van der Waals surface area contributed by atoms with Crippen LogP contribution in [0.2, 0.25) is 0 Å². The molecular formula is C21H25FN4O. The second-order valence-corrected chi connectivity index (χ2v) is 8.43. The average Bonchev–Trinajstić information content (AvgIpc) is 3.23. The smallest absolute Gasteiger partial charge is 0.139 e. The number of nitrogens with zero attached hydrogens (tertiary/aromatic N) is 4. The van der Waals surface area contributed by atoms with Crippen LogP contribution in [0.15, 0.2) is 24.5 Å². The van der Waals surface area contributed by atoms with E-state index in [0.717, 1.165) is 30.9 Å². The fourth-order valence-corrected chi connectivity index (χ4v) is 4.55. The van der Waals surface area contributed by atoms with Gasteiger partial charge in [-0.2, -0.15) is 0 Å². The Kier molecular flexibility index (Phi) is 3.54. The van der Waals surface area contributed by atoms with E-state index in [0.29, 0.717) is 23.4 Å². The van der Waals surface area contributed by atoms with Gasteiger partial charge in [-0.15, -0.1) is 0 Å². The molecule has 0 radical (unpaired) electrons. The number of fused-ring (bicyclic) bond motifs is 2. The van der Waals surface area contributed by atoms with Gasteiger partial charge in [-0.1, -0.05) is 6.92 Å². The largest absolute Gasteiger partial charge is 0.378 e. The maximum absolute atomic E-state index is 13.4. The van der Waals surface area contributed by atoms with Crippen molar-refractivity contribution in [1.29, 1.82) is 0 Å². The van der Waals surface area contributed by atoms with Gasteiger partial charge in [0.15, 0.2) is 0 Å². The van der Waals surface area contributed by atoms with Crippen LogP contribution in [0.25, 0.3) is 5.65 Å². The summed E-state index contributed by atoms with van der Waals surface area (Å²) in [5.41, 5.74) is 4.02. The number of methoxy groups -OCH3 is 1. The highest BCUT2D eigenvalue weighted by Gasteiger charge is 2.46. The Bertz CT molecular complexity index is 1040. The van der Waals surface area contributed by atoms with Crippen molar-refractivity contribution < 1.29 is 9.13 Å². The number of hydrogen-bond donors (Lipinski definition) is 0. The van der Waals surface area contributed by atoms with Crippen molar-refractivity contribution >= 4 is 5.65 Å². The molecule has 27 heavy (non-hydrogen) atoms. The van der Waals surface area contributed by atoms with Crippen LogP contribution in [-0.4, -0.2) is 31.6 Å². The Labute approximate surface area is 158 Å². The normalized spacial score (nSPS) is 29.9. The second-order valence-electron chi connectivity index (χ2n) is 8.43. The molecule has 0 N–H and O–H groups in total. The highest BCUT2D eigenvalue weighted by molar-refractivity contribution is 5.43. The van der Waals surface area contributed by atoms with Gasteiger partial charge in [-0.3, -0.25) is 0 Å². The topological polar surface area (TPSA) is 44.4 Å². The van der Waals surface area contributed by atoms with Gasteiger partial charge >= 0.3 is 0 Å². The van der Waals surface area contributed by atoms with E-state index in [4.69, 9.17) is 9.72 Å². The van der Waals surface area contributed by atoms with Crippen LogP contribution in [0.5, 0.6) is 0 Å². The second kappa shape index (κ2) is 5.64. The van der Waals surface area contributed by atoms with Crippen molar-refractivity contribution in [3.05, 3.63) is 53.2 Å². The molecule has 0 saturated heterocycles. The third-order valence-corrected chi connectivity index (χ3v) is 6.77. The van der Waals surface area contributed by atoms with E-state index in [1.807, 2.05) is 10.6 Å². The van der Waals surface area contributed by atoms with Crippen LogP contribution in [0.1, 0.15) is 55.0 Å². The molecule has 1 fully saturated rings. The summed E-state index contributed by atoms with van der Waals surface area (Å²) < 4.78 is 23.5. The standard InChI is InChI=1S/C21H25FN4O/c1-12-10-26-13(2)20(24-19(26)9-21(12,3)27-4)16-8-15(16)17-11-25-6-5-14(22)7-18(25)23-17/h5-7,11-12,15-16H,8-10H2,1-4H3. The fourth-order valence-electron chi connectivity index (χ4n) is 4.55. The van der Waals surface area contributed by atoms with Crippen LogP contribution in [0, 0.1) is 18.7 Å². The van der Waals surface area contributed by atoms with Crippen LogP contribution < -0.4 is 0 Å². The van der Waals surface area contributed by atoms with Crippen molar-refractivity contribution in [1.82, 2.24) is 18.9 Å². The first kappa shape index (κ1) is 16.9. The Morgan fingerprint density at radius 2 is 2.11 bits per heavy atom. The summed E-state index contributed by atoms with van der Waals surface area (Å²) >= 11 is 0. The van der Waals surface area contributed by atoms with Gasteiger partial charge < -0.3 is 13.7 Å². The highest BCUT2D eigenvalue weighted by atomic mass is 19.1. The first-order valence-corrected chi connectivity index (χ1v) is 9.65. The highest BCUT2D eigenvalue weighted by Crippen LogP contribution is 2.55. The summed E-state index contributed by atoms with van der Waals surface area (Å²) in [7, 11) is 1.80. The van der Waals surface area contributed by atoms with Gasteiger partial charge in [0.05, 0.1) is 17.0 Å². The average molecular weight is 368 g/mol. The van der Waals surface area contributed by atoms with E-state index < -0.39 is 0 Å². The molecule has 1 saturated carbocycles. The molecular weight excluding hydrogens is 343 g/mol. The number of imidazole rings is 2. The lowest BCUT2D eigenvalue weighted by Gasteiger charge is -2.39. The Morgan fingerprint density at radius 3 is 2.89 bits per heavy atom. The quantitative estimate of drug-likeness (QED) is 0.705. The van der Waals surface area contributed by atoms with Crippen molar-refractivity contribution in [2.24, 2.45) is 5.92 Å². The van der Waals surface area contributed by atoms with E-state index in [1.165, 1.54) is 23.5 Å². The number of hydrogen-bond acceptors (Lipinski definition) is 3. The minimum Gasteiger partial charge on any atom is -0.378 e. The van der Waals surface area contributed by atoms with Crippen molar-refractivity contribution in [2.75, 3.05) is 7.11 Å². The molecule has 4 unspecified atom stereocenters. The molecule has 4 heterocycles. The monoisotopic (exact) mass is 368 g/mol. The van der Waals surface area contributed by atoms with Crippen molar-refractivity contribution in [3.63, 3.8) is 0 Å². The molecule has 5 rings (SSSR count). The number of halogens is 1. The predicted octanol–water partition coefficient (Wildman–Crippen LogP) is 3.85. The van der Waals surface area contributed by atoms with E-state index in [2.05, 4.69) is 30.3 Å². The zero-order chi connectivity index (χ0) is 18.9. The lowest BCUT2D eigenvalue weighted by atomic mass is 9.84. The summed E-state index contributed by atoms with van der Waals surface area (Å²) in [5, 5.41) is 0. The van der Waals surface area contributed by atoms with Gasteiger partial charge in [0.2, 0.25) is 0 Å². The van der Waals surface area contributed by atoms with Gasteiger partial charge in [-0.25, -0.2) is 14.4 Å². The minimum atomic E-state index is -0.250. The Morgan fingerprint density at radius 1 is 1.30 bits per heavy atom. The summed E-state index contributed by atoms with van der Waals surface area (Å²) in [6.07, 6.45) is 5.65. The zero-order valence-electron chi connectivity index (χ0n) is 16.2. The Hall–Kier alpha value is -2.21. The van der Waals surface area contributed by atoms with E-state index in [9.17, 15) is 4.39 Å². The minimum absolute atomic E-state index is 0.153. The van der Waals surface area contributed by atoms with Gasteiger partial charge in [0.1, 0.15) is 17.3 Å². The maximum atomic E-state index is 13.4. The fraction of sp³-hybridized carbons (Fsp3) is 0.524. The number of ether oxygens (including phenoxy) is 1. The Balaban J connectivity index is 1.44. The third-order valence-electron chi connectivity index (χ3n) is 6.77. The number of rotatable bonds is 3. The summed E-state index contributed by atoms with van der Waals surface area (Å²) in [5.74, 6) is 2.10. The molecule has 6 heteroatoms. The first-order valence-electron chi connectivity index (χ1n) is 9.65. The van der Waals surface area contributed by atoms with E-state index in [1.54, 1.807) is 13.3 Å². The van der Waals surface area contributed by atoms with Crippen molar-refractivity contribution in [2.45, 2.75) is 57.6 Å². The molecule has 0 spiro atoms. The van der Waals surface area contributed by atoms with E-state index >= 15 is 0 Å². The van der Waals surface area contributed by atoms with Gasteiger partial charge in [0.25, 0.3) is 0 Å². The molecule has 5 nitrogen and oxygen atoms in total. The molecule has 142 valence electrons. The SMILES string of the molecule is COC1(C)Cc2nc(C3CC3c3cn4ccc(F)cc4n3)c(C)n2CC1C. The third kappa shape index (κ3) is 2.53. The molecule has 1 aliphatic carbocycles. The molecule has 0 bridgehead atoms. The first-order chi connectivity index (χ1) is 12.9. The lowest BCUT2D eigenvalue weighted by molar-refractivity contribution is -0.0545. The number of aromatic nitrogens is 4. The molecule has 3 aromatic rings. The summed E-state index contributed by atoms with van der Waals surface area (Å²) in [6, 6.07) is 2.94. The van der Waals surface area contributed by atoms with Crippen LogP contribution >= 0.6 is 0 Å².